The molecule has 1 saturated carbocycles. The summed E-state index contributed by atoms with van der Waals surface area (Å²) in [4.78, 5) is 19.9. The predicted octanol–water partition coefficient (Wildman–Crippen LogP) is 5.59. The summed E-state index contributed by atoms with van der Waals surface area (Å²) < 4.78 is 44.8. The molecule has 1 N–H and O–H groups in total. The molecule has 1 aliphatic rings. The first-order chi connectivity index (χ1) is 13.0. The SMILES string of the molecule is [C-]#[N+]c1ccc2nc(NC(=O)CC(C)(C)C)n(C3CCC3)c2c1OC(F)(F)F. The summed E-state index contributed by atoms with van der Waals surface area (Å²) in [6.45, 7) is 12.9. The lowest BCUT2D eigenvalue weighted by molar-refractivity contribution is -0.273. The molecule has 0 atom stereocenters. The number of carbonyl (C=O) groups excluding carboxylic acids is 1. The van der Waals surface area contributed by atoms with Crippen molar-refractivity contribution in [3.63, 3.8) is 0 Å². The Balaban J connectivity index is 2.14. The first-order valence-corrected chi connectivity index (χ1v) is 8.96. The number of nitrogens with one attached hydrogen (secondary N) is 1. The van der Waals surface area contributed by atoms with Crippen molar-refractivity contribution in [2.24, 2.45) is 5.41 Å². The van der Waals surface area contributed by atoms with Crippen molar-refractivity contribution in [3.05, 3.63) is 23.5 Å². The van der Waals surface area contributed by atoms with Gasteiger partial charge in [0.05, 0.1) is 12.1 Å². The number of ether oxygens (including phenoxy) is 1. The Morgan fingerprint density at radius 3 is 2.54 bits per heavy atom. The van der Waals surface area contributed by atoms with E-state index in [9.17, 15) is 18.0 Å². The number of hydrogen-bond acceptors (Lipinski definition) is 3. The van der Waals surface area contributed by atoms with Crippen LogP contribution < -0.4 is 10.1 Å². The first-order valence-electron chi connectivity index (χ1n) is 8.96. The van der Waals surface area contributed by atoms with Crippen molar-refractivity contribution in [2.45, 2.75) is 58.9 Å². The second-order valence-corrected chi connectivity index (χ2v) is 8.12. The minimum Gasteiger partial charge on any atom is -0.415 e. The third kappa shape index (κ3) is 4.21. The van der Waals surface area contributed by atoms with Gasteiger partial charge in [-0.2, -0.15) is 0 Å². The maximum Gasteiger partial charge on any atom is 0.571 e. The maximum atomic E-state index is 13.0. The second kappa shape index (κ2) is 7.00. The fourth-order valence-corrected chi connectivity index (χ4v) is 3.19. The van der Waals surface area contributed by atoms with E-state index in [-0.39, 0.29) is 46.5 Å². The zero-order chi connectivity index (χ0) is 20.7. The lowest BCUT2D eigenvalue weighted by Gasteiger charge is -2.30. The van der Waals surface area contributed by atoms with Crippen molar-refractivity contribution in [2.75, 3.05) is 5.32 Å². The molecule has 0 spiro atoms. The lowest BCUT2D eigenvalue weighted by Crippen LogP contribution is -2.25. The molecule has 1 amide bonds. The topological polar surface area (TPSA) is 60.5 Å². The molecule has 1 aromatic heterocycles. The minimum absolute atomic E-state index is 0.0848. The van der Waals surface area contributed by atoms with Gasteiger partial charge in [-0.3, -0.25) is 10.1 Å². The number of hydrogen-bond donors (Lipinski definition) is 1. The number of amides is 1. The van der Waals surface area contributed by atoms with Gasteiger partial charge in [0.15, 0.2) is 5.75 Å². The number of alkyl halides is 3. The van der Waals surface area contributed by atoms with Crippen molar-refractivity contribution in [1.82, 2.24) is 9.55 Å². The number of fused-ring (bicyclic) bond motifs is 1. The maximum absolute atomic E-state index is 13.0. The van der Waals surface area contributed by atoms with Gasteiger partial charge in [0.25, 0.3) is 0 Å². The van der Waals surface area contributed by atoms with Crippen molar-refractivity contribution < 1.29 is 22.7 Å². The van der Waals surface area contributed by atoms with Crippen LogP contribution in [0.15, 0.2) is 12.1 Å². The van der Waals surface area contributed by atoms with E-state index >= 15 is 0 Å². The van der Waals surface area contributed by atoms with Crippen LogP contribution in [0.1, 0.15) is 52.5 Å². The second-order valence-electron chi connectivity index (χ2n) is 8.12. The third-order valence-corrected chi connectivity index (χ3v) is 4.51. The number of anilines is 1. The average molecular weight is 394 g/mol. The smallest absolute Gasteiger partial charge is 0.415 e. The van der Waals surface area contributed by atoms with Gasteiger partial charge in [-0.1, -0.05) is 26.8 Å². The zero-order valence-corrected chi connectivity index (χ0v) is 15.9. The molecule has 0 radical (unpaired) electrons. The molecule has 1 fully saturated rings. The van der Waals surface area contributed by atoms with Gasteiger partial charge in [0.2, 0.25) is 17.5 Å². The average Bonchev–Trinajstić information content (AvgIpc) is 2.81. The van der Waals surface area contributed by atoms with Crippen LogP contribution >= 0.6 is 0 Å². The van der Waals surface area contributed by atoms with Gasteiger partial charge in [-0.05, 0) is 30.7 Å². The highest BCUT2D eigenvalue weighted by atomic mass is 19.4. The van der Waals surface area contributed by atoms with E-state index in [0.717, 1.165) is 19.3 Å². The minimum atomic E-state index is -4.95. The molecule has 0 aliphatic heterocycles. The van der Waals surface area contributed by atoms with Crippen molar-refractivity contribution >= 4 is 28.6 Å². The van der Waals surface area contributed by atoms with E-state index in [1.165, 1.54) is 12.1 Å². The number of benzene rings is 1. The van der Waals surface area contributed by atoms with E-state index in [2.05, 4.69) is 19.9 Å². The Hall–Kier alpha value is -2.76. The van der Waals surface area contributed by atoms with Gasteiger partial charge in [-0.25, -0.2) is 9.83 Å². The monoisotopic (exact) mass is 394 g/mol. The third-order valence-electron chi connectivity index (χ3n) is 4.51. The summed E-state index contributed by atoms with van der Waals surface area (Å²) in [5.41, 5.74) is -0.178. The van der Waals surface area contributed by atoms with Crippen LogP contribution in [0.3, 0.4) is 0 Å². The van der Waals surface area contributed by atoms with Gasteiger partial charge >= 0.3 is 6.36 Å². The van der Waals surface area contributed by atoms with Crippen LogP contribution in [0.2, 0.25) is 0 Å². The summed E-state index contributed by atoms with van der Waals surface area (Å²) >= 11 is 0. The highest BCUT2D eigenvalue weighted by Gasteiger charge is 2.36. The zero-order valence-electron chi connectivity index (χ0n) is 15.9. The van der Waals surface area contributed by atoms with E-state index in [1.807, 2.05) is 20.8 Å². The summed E-state index contributed by atoms with van der Waals surface area (Å²) in [5, 5.41) is 2.73. The number of imidazole rings is 1. The first kappa shape index (κ1) is 20.0. The lowest BCUT2D eigenvalue weighted by atomic mass is 9.92. The molecule has 0 unspecified atom stereocenters. The molecule has 28 heavy (non-hydrogen) atoms. The van der Waals surface area contributed by atoms with Crippen LogP contribution in [0, 0.1) is 12.0 Å². The van der Waals surface area contributed by atoms with Crippen LogP contribution in [-0.2, 0) is 4.79 Å². The Morgan fingerprint density at radius 2 is 2.04 bits per heavy atom. The van der Waals surface area contributed by atoms with E-state index in [4.69, 9.17) is 6.57 Å². The molecule has 1 heterocycles. The van der Waals surface area contributed by atoms with Gasteiger partial charge in [0, 0.05) is 12.5 Å². The van der Waals surface area contributed by atoms with Crippen LogP contribution in [0.4, 0.5) is 24.8 Å². The van der Waals surface area contributed by atoms with Gasteiger partial charge in [-0.15, -0.1) is 13.2 Å². The number of rotatable bonds is 4. The fourth-order valence-electron chi connectivity index (χ4n) is 3.19. The summed E-state index contributed by atoms with van der Waals surface area (Å²) in [7, 11) is 0. The molecular formula is C19H21F3N4O2. The van der Waals surface area contributed by atoms with E-state index in [0.29, 0.717) is 0 Å². The highest BCUT2D eigenvalue weighted by Crippen LogP contribution is 2.45. The normalized spacial score (nSPS) is 15.2. The molecule has 6 nitrogen and oxygen atoms in total. The molecular weight excluding hydrogens is 373 g/mol. The molecule has 0 saturated heterocycles. The molecule has 1 aromatic carbocycles. The number of carbonyl (C=O) groups is 1. The molecule has 2 aromatic rings. The Kier molecular flexibility index (Phi) is 5.00. The van der Waals surface area contributed by atoms with Crippen LogP contribution in [-0.4, -0.2) is 21.8 Å². The van der Waals surface area contributed by atoms with E-state index in [1.54, 1.807) is 4.57 Å². The van der Waals surface area contributed by atoms with E-state index < -0.39 is 12.1 Å². The summed E-state index contributed by atoms with van der Waals surface area (Å²) in [6.07, 6.45) is -2.28. The Morgan fingerprint density at radius 1 is 1.36 bits per heavy atom. The molecule has 150 valence electrons. The molecule has 3 rings (SSSR count). The number of nitrogens with zero attached hydrogens (tertiary/aromatic N) is 3. The molecule has 1 aliphatic carbocycles. The number of halogens is 3. The molecule has 9 heteroatoms. The van der Waals surface area contributed by atoms with Crippen LogP contribution in [0.25, 0.3) is 15.9 Å². The fraction of sp³-hybridized carbons (Fsp3) is 0.526. The Bertz CT molecular complexity index is 947. The summed E-state index contributed by atoms with van der Waals surface area (Å²) in [6, 6.07) is 2.61. The van der Waals surface area contributed by atoms with Crippen molar-refractivity contribution in [3.8, 4) is 5.75 Å². The Labute approximate surface area is 160 Å². The van der Waals surface area contributed by atoms with Gasteiger partial charge in [0.1, 0.15) is 5.52 Å². The largest absolute Gasteiger partial charge is 0.571 e. The number of aromatic nitrogens is 2. The predicted molar refractivity (Wildman–Crippen MR) is 98.3 cm³/mol. The van der Waals surface area contributed by atoms with Gasteiger partial charge < -0.3 is 9.30 Å². The summed E-state index contributed by atoms with van der Waals surface area (Å²) in [5.74, 6) is -0.661. The van der Waals surface area contributed by atoms with Crippen LogP contribution in [0.5, 0.6) is 5.75 Å². The van der Waals surface area contributed by atoms with Crippen molar-refractivity contribution in [1.29, 1.82) is 0 Å². The molecule has 0 bridgehead atoms. The standard InChI is InChI=1S/C19H21F3N4O2/c1-18(2,3)10-14(27)25-17-24-12-8-9-13(23-4)16(28-19(20,21)22)15(12)26(17)11-6-5-7-11/h8-9,11H,5-7,10H2,1-3H3,(H,24,25,27). The quantitative estimate of drug-likeness (QED) is 0.688. The highest BCUT2D eigenvalue weighted by molar-refractivity contribution is 5.95.